The molecule has 1 aliphatic rings. The summed E-state index contributed by atoms with van der Waals surface area (Å²) >= 11 is 6.06. The first-order valence-electron chi connectivity index (χ1n) is 8.91. The van der Waals surface area contributed by atoms with Crippen LogP contribution in [0.2, 0.25) is 5.02 Å². The van der Waals surface area contributed by atoms with E-state index in [1.807, 2.05) is 0 Å². The Hall–Kier alpha value is -3.07. The summed E-state index contributed by atoms with van der Waals surface area (Å²) in [5.74, 6) is 0.378. The van der Waals surface area contributed by atoms with Crippen molar-refractivity contribution in [2.75, 3.05) is 18.6 Å². The Kier molecular flexibility index (Phi) is 5.15. The van der Waals surface area contributed by atoms with E-state index in [2.05, 4.69) is 10.1 Å². The van der Waals surface area contributed by atoms with Crippen molar-refractivity contribution in [2.24, 2.45) is 0 Å². The van der Waals surface area contributed by atoms with Crippen molar-refractivity contribution < 1.29 is 27.2 Å². The number of ether oxygens (including phenoxy) is 1. The topological polar surface area (TPSA) is 68.5 Å². The summed E-state index contributed by atoms with van der Waals surface area (Å²) in [7, 11) is 1.50. The van der Waals surface area contributed by atoms with Crippen LogP contribution in [0.3, 0.4) is 0 Å². The molecule has 1 aliphatic heterocycles. The fourth-order valence-electron chi connectivity index (χ4n) is 3.31. The first-order valence-corrected chi connectivity index (χ1v) is 9.29. The molecule has 1 saturated heterocycles. The Balaban J connectivity index is 1.55. The highest BCUT2D eigenvalue weighted by Crippen LogP contribution is 2.38. The summed E-state index contributed by atoms with van der Waals surface area (Å²) in [6, 6.07) is 9.45. The van der Waals surface area contributed by atoms with Crippen LogP contribution in [-0.4, -0.2) is 29.7 Å². The van der Waals surface area contributed by atoms with Gasteiger partial charge in [0.25, 0.3) is 0 Å². The van der Waals surface area contributed by atoms with E-state index < -0.39 is 11.7 Å². The summed E-state index contributed by atoms with van der Waals surface area (Å²) in [6.07, 6.45) is -4.28. The number of rotatable bonds is 4. The SMILES string of the molecule is COc1ccc(Cl)cc1N1C[C@H](c2nc(-c3ccc(C(F)(F)F)cc3)no2)CC1=O. The molecule has 3 aromatic rings. The monoisotopic (exact) mass is 437 g/mol. The number of benzene rings is 2. The van der Waals surface area contributed by atoms with Crippen LogP contribution >= 0.6 is 11.6 Å². The first kappa shape index (κ1) is 20.2. The predicted octanol–water partition coefficient (Wildman–Crippen LogP) is 4.94. The van der Waals surface area contributed by atoms with E-state index in [1.54, 1.807) is 18.2 Å². The standard InChI is InChI=1S/C20H15ClF3N3O3/c1-29-16-7-6-14(21)9-15(16)27-10-12(8-17(27)28)19-25-18(26-30-19)11-2-4-13(5-3-11)20(22,23)24/h2-7,9,12H,8,10H2,1H3/t12-/m1/s1. The highest BCUT2D eigenvalue weighted by molar-refractivity contribution is 6.31. The number of methoxy groups -OCH3 is 1. The zero-order valence-electron chi connectivity index (χ0n) is 15.6. The molecule has 0 saturated carbocycles. The highest BCUT2D eigenvalue weighted by atomic mass is 35.5. The lowest BCUT2D eigenvalue weighted by Gasteiger charge is -2.19. The van der Waals surface area contributed by atoms with Crippen molar-refractivity contribution in [1.29, 1.82) is 0 Å². The van der Waals surface area contributed by atoms with Gasteiger partial charge in [0.2, 0.25) is 17.6 Å². The zero-order chi connectivity index (χ0) is 21.5. The molecular formula is C20H15ClF3N3O3. The maximum Gasteiger partial charge on any atom is 0.416 e. The molecule has 1 fully saturated rings. The van der Waals surface area contributed by atoms with Crippen molar-refractivity contribution in [2.45, 2.75) is 18.5 Å². The normalized spacial score (nSPS) is 16.9. The third-order valence-electron chi connectivity index (χ3n) is 4.82. The van der Waals surface area contributed by atoms with Crippen LogP contribution in [0.4, 0.5) is 18.9 Å². The molecule has 10 heteroatoms. The van der Waals surface area contributed by atoms with Crippen LogP contribution in [0.25, 0.3) is 11.4 Å². The number of carbonyl (C=O) groups excluding carboxylic acids is 1. The second-order valence-electron chi connectivity index (χ2n) is 6.75. The number of hydrogen-bond acceptors (Lipinski definition) is 5. The van der Waals surface area contributed by atoms with Crippen LogP contribution in [0.15, 0.2) is 47.0 Å². The third kappa shape index (κ3) is 3.85. The fraction of sp³-hybridized carbons (Fsp3) is 0.250. The van der Waals surface area contributed by atoms with Crippen molar-refractivity contribution in [3.8, 4) is 17.1 Å². The van der Waals surface area contributed by atoms with Gasteiger partial charge in [0.15, 0.2) is 0 Å². The summed E-state index contributed by atoms with van der Waals surface area (Å²) < 4.78 is 48.8. The van der Waals surface area contributed by atoms with Gasteiger partial charge in [-0.15, -0.1) is 0 Å². The average Bonchev–Trinajstić information content (AvgIpc) is 3.34. The van der Waals surface area contributed by atoms with Gasteiger partial charge < -0.3 is 14.2 Å². The van der Waals surface area contributed by atoms with Crippen molar-refractivity contribution in [3.63, 3.8) is 0 Å². The van der Waals surface area contributed by atoms with Crippen LogP contribution < -0.4 is 9.64 Å². The van der Waals surface area contributed by atoms with E-state index in [0.717, 1.165) is 12.1 Å². The van der Waals surface area contributed by atoms with E-state index >= 15 is 0 Å². The van der Waals surface area contributed by atoms with Gasteiger partial charge in [-0.2, -0.15) is 18.2 Å². The van der Waals surface area contributed by atoms with Gasteiger partial charge in [-0.25, -0.2) is 0 Å². The molecule has 0 N–H and O–H groups in total. The maximum atomic E-state index is 12.7. The molecule has 1 amide bonds. The van der Waals surface area contributed by atoms with Gasteiger partial charge in [-0.1, -0.05) is 28.9 Å². The molecule has 30 heavy (non-hydrogen) atoms. The van der Waals surface area contributed by atoms with Gasteiger partial charge in [-0.05, 0) is 30.3 Å². The molecule has 0 radical (unpaired) electrons. The van der Waals surface area contributed by atoms with Gasteiger partial charge >= 0.3 is 6.18 Å². The molecule has 4 rings (SSSR count). The lowest BCUT2D eigenvalue weighted by Crippen LogP contribution is -2.24. The van der Waals surface area contributed by atoms with Crippen LogP contribution in [0, 0.1) is 0 Å². The molecule has 6 nitrogen and oxygen atoms in total. The van der Waals surface area contributed by atoms with Crippen molar-refractivity contribution >= 4 is 23.2 Å². The van der Waals surface area contributed by atoms with Gasteiger partial charge in [0.1, 0.15) is 5.75 Å². The largest absolute Gasteiger partial charge is 0.495 e. The smallest absolute Gasteiger partial charge is 0.416 e. The Morgan fingerprint density at radius 2 is 1.93 bits per heavy atom. The number of hydrogen-bond donors (Lipinski definition) is 0. The molecule has 2 aromatic carbocycles. The Labute approximate surface area is 174 Å². The number of nitrogens with zero attached hydrogens (tertiary/aromatic N) is 3. The Bertz CT molecular complexity index is 1080. The van der Waals surface area contributed by atoms with E-state index in [4.69, 9.17) is 20.9 Å². The number of alkyl halides is 3. The minimum absolute atomic E-state index is 0.143. The molecule has 156 valence electrons. The number of amides is 1. The third-order valence-corrected chi connectivity index (χ3v) is 5.05. The molecule has 2 heterocycles. The molecule has 0 bridgehead atoms. The molecule has 0 unspecified atom stereocenters. The predicted molar refractivity (Wildman–Crippen MR) is 102 cm³/mol. The molecule has 0 aliphatic carbocycles. The minimum atomic E-state index is -4.42. The fourth-order valence-corrected chi connectivity index (χ4v) is 3.47. The Morgan fingerprint density at radius 1 is 1.20 bits per heavy atom. The quantitative estimate of drug-likeness (QED) is 0.578. The highest BCUT2D eigenvalue weighted by Gasteiger charge is 2.36. The number of aromatic nitrogens is 2. The zero-order valence-corrected chi connectivity index (χ0v) is 16.4. The van der Waals surface area contributed by atoms with Gasteiger partial charge in [0, 0.05) is 23.6 Å². The van der Waals surface area contributed by atoms with E-state index in [1.165, 1.54) is 24.1 Å². The van der Waals surface area contributed by atoms with Crippen LogP contribution in [0.1, 0.15) is 23.8 Å². The van der Waals surface area contributed by atoms with E-state index in [0.29, 0.717) is 22.0 Å². The van der Waals surface area contributed by atoms with Crippen molar-refractivity contribution in [1.82, 2.24) is 10.1 Å². The summed E-state index contributed by atoms with van der Waals surface area (Å²) in [5.41, 5.74) is 0.165. The summed E-state index contributed by atoms with van der Waals surface area (Å²) in [6.45, 7) is 0.282. The lowest BCUT2D eigenvalue weighted by molar-refractivity contribution is -0.137. The minimum Gasteiger partial charge on any atom is -0.495 e. The maximum absolute atomic E-state index is 12.7. The number of halogens is 4. The number of anilines is 1. The molecule has 0 spiro atoms. The summed E-state index contributed by atoms with van der Waals surface area (Å²) in [4.78, 5) is 18.4. The molecule has 1 atom stereocenters. The van der Waals surface area contributed by atoms with E-state index in [9.17, 15) is 18.0 Å². The van der Waals surface area contributed by atoms with Crippen LogP contribution in [-0.2, 0) is 11.0 Å². The second kappa shape index (κ2) is 7.64. The Morgan fingerprint density at radius 3 is 2.60 bits per heavy atom. The summed E-state index contributed by atoms with van der Waals surface area (Å²) in [5, 5.41) is 4.31. The van der Waals surface area contributed by atoms with Gasteiger partial charge in [0.05, 0.1) is 24.3 Å². The van der Waals surface area contributed by atoms with Crippen molar-refractivity contribution in [3.05, 3.63) is 58.9 Å². The molecular weight excluding hydrogens is 423 g/mol. The first-order chi connectivity index (χ1) is 14.3. The molecule has 1 aromatic heterocycles. The average molecular weight is 438 g/mol. The van der Waals surface area contributed by atoms with Gasteiger partial charge in [-0.3, -0.25) is 4.79 Å². The number of carbonyl (C=O) groups is 1. The van der Waals surface area contributed by atoms with E-state index in [-0.39, 0.29) is 36.5 Å². The lowest BCUT2D eigenvalue weighted by atomic mass is 10.1. The van der Waals surface area contributed by atoms with Crippen LogP contribution in [0.5, 0.6) is 5.75 Å². The second-order valence-corrected chi connectivity index (χ2v) is 7.19.